The number of hydrogen-bond acceptors (Lipinski definition) is 9. The molecule has 1 aliphatic rings. The first-order valence-electron chi connectivity index (χ1n) is 9.79. The normalized spacial score (nSPS) is 16.2. The fraction of sp³-hybridized carbons (Fsp3) is 0.421. The number of nitrogens with one attached hydrogen (secondary N) is 2. The Kier molecular flexibility index (Phi) is 7.40. The van der Waals surface area contributed by atoms with E-state index >= 15 is 0 Å². The zero-order chi connectivity index (χ0) is 23.4. The number of amides is 1. The second-order valence-electron chi connectivity index (χ2n) is 7.44. The van der Waals surface area contributed by atoms with Crippen molar-refractivity contribution in [3.63, 3.8) is 0 Å². The van der Waals surface area contributed by atoms with Crippen molar-refractivity contribution in [3.8, 4) is 0 Å². The largest absolute Gasteiger partial charge is 0.481 e. The SMILES string of the molecule is Nc1nc(N)c(SCC2CCc3cc(C(=O)NC(CCC(=O)O)C(=O)O)sc3C2)c(=O)[nH]1. The molecule has 0 bridgehead atoms. The van der Waals surface area contributed by atoms with Gasteiger partial charge in [-0.15, -0.1) is 23.1 Å². The van der Waals surface area contributed by atoms with Gasteiger partial charge in [-0.05, 0) is 43.2 Å². The van der Waals surface area contributed by atoms with Crippen molar-refractivity contribution >= 4 is 52.7 Å². The van der Waals surface area contributed by atoms with Crippen LogP contribution in [-0.4, -0.2) is 49.8 Å². The van der Waals surface area contributed by atoms with Crippen molar-refractivity contribution in [3.05, 3.63) is 31.7 Å². The molecule has 0 aromatic carbocycles. The van der Waals surface area contributed by atoms with E-state index in [4.69, 9.17) is 16.6 Å². The van der Waals surface area contributed by atoms with Crippen LogP contribution in [0.4, 0.5) is 11.8 Å². The molecular formula is C19H23N5O6S2. The highest BCUT2D eigenvalue weighted by molar-refractivity contribution is 7.99. The number of carboxylic acids is 2. The fourth-order valence-corrected chi connectivity index (χ4v) is 5.71. The third-order valence-electron chi connectivity index (χ3n) is 5.05. The van der Waals surface area contributed by atoms with Gasteiger partial charge in [-0.2, -0.15) is 4.98 Å². The smallest absolute Gasteiger partial charge is 0.326 e. The maximum Gasteiger partial charge on any atom is 0.326 e. The quantitative estimate of drug-likeness (QED) is 0.280. The van der Waals surface area contributed by atoms with Crippen LogP contribution in [-0.2, 0) is 22.4 Å². The molecule has 1 amide bonds. The Morgan fingerprint density at radius 1 is 1.34 bits per heavy atom. The van der Waals surface area contributed by atoms with E-state index in [1.54, 1.807) is 6.07 Å². The van der Waals surface area contributed by atoms with Crippen LogP contribution in [0.2, 0.25) is 0 Å². The molecule has 13 heteroatoms. The molecule has 11 nitrogen and oxygen atoms in total. The predicted molar refractivity (Wildman–Crippen MR) is 120 cm³/mol. The summed E-state index contributed by atoms with van der Waals surface area (Å²) in [4.78, 5) is 54.7. The molecule has 172 valence electrons. The van der Waals surface area contributed by atoms with Crippen molar-refractivity contribution < 1.29 is 24.6 Å². The van der Waals surface area contributed by atoms with Crippen molar-refractivity contribution in [1.82, 2.24) is 15.3 Å². The number of nitrogens with zero attached hydrogens (tertiary/aromatic N) is 1. The summed E-state index contributed by atoms with van der Waals surface area (Å²) in [6.45, 7) is 0. The van der Waals surface area contributed by atoms with Gasteiger partial charge in [-0.1, -0.05) is 0 Å². The van der Waals surface area contributed by atoms with Gasteiger partial charge in [0.1, 0.15) is 16.8 Å². The number of aromatic amines is 1. The highest BCUT2D eigenvalue weighted by atomic mass is 32.2. The number of rotatable bonds is 9. The van der Waals surface area contributed by atoms with E-state index in [0.29, 0.717) is 15.5 Å². The van der Waals surface area contributed by atoms with Gasteiger partial charge in [-0.3, -0.25) is 19.4 Å². The van der Waals surface area contributed by atoms with Crippen LogP contribution in [0.3, 0.4) is 0 Å². The van der Waals surface area contributed by atoms with E-state index in [1.807, 2.05) is 0 Å². The lowest BCUT2D eigenvalue weighted by atomic mass is 9.90. The number of fused-ring (bicyclic) bond motifs is 1. The molecule has 0 radical (unpaired) electrons. The van der Waals surface area contributed by atoms with Crippen LogP contribution in [0.1, 0.15) is 39.4 Å². The monoisotopic (exact) mass is 481 g/mol. The van der Waals surface area contributed by atoms with E-state index in [1.165, 1.54) is 23.1 Å². The van der Waals surface area contributed by atoms with Crippen LogP contribution in [0.5, 0.6) is 0 Å². The Hall–Kier alpha value is -3.06. The van der Waals surface area contributed by atoms with Gasteiger partial charge in [0.25, 0.3) is 11.5 Å². The first kappa shape index (κ1) is 23.6. The number of carbonyl (C=O) groups excluding carboxylic acids is 1. The fourth-order valence-electron chi connectivity index (χ4n) is 3.42. The second-order valence-corrected chi connectivity index (χ2v) is 9.61. The second kappa shape index (κ2) is 10.0. The minimum absolute atomic E-state index is 0.0309. The third-order valence-corrected chi connectivity index (χ3v) is 7.57. The summed E-state index contributed by atoms with van der Waals surface area (Å²) in [5, 5.41) is 20.4. The Balaban J connectivity index is 1.62. The Morgan fingerprint density at radius 2 is 2.09 bits per heavy atom. The molecule has 2 aromatic heterocycles. The minimum Gasteiger partial charge on any atom is -0.481 e. The highest BCUT2D eigenvalue weighted by Gasteiger charge is 2.26. The highest BCUT2D eigenvalue weighted by Crippen LogP contribution is 2.35. The van der Waals surface area contributed by atoms with Gasteiger partial charge in [0.15, 0.2) is 0 Å². The number of carbonyl (C=O) groups is 3. The lowest BCUT2D eigenvalue weighted by Crippen LogP contribution is -2.40. The van der Waals surface area contributed by atoms with Crippen LogP contribution in [0, 0.1) is 5.92 Å². The number of H-pyrrole nitrogens is 1. The van der Waals surface area contributed by atoms with Crippen molar-refractivity contribution in [2.45, 2.75) is 43.0 Å². The molecule has 0 spiro atoms. The van der Waals surface area contributed by atoms with Crippen molar-refractivity contribution in [2.75, 3.05) is 17.2 Å². The maximum atomic E-state index is 12.5. The number of carboxylic acid groups (broad SMARTS) is 2. The molecular weight excluding hydrogens is 458 g/mol. The van der Waals surface area contributed by atoms with Crippen molar-refractivity contribution in [2.24, 2.45) is 5.92 Å². The molecule has 0 aliphatic heterocycles. The molecule has 2 atom stereocenters. The Bertz CT molecular complexity index is 1100. The number of thiophene rings is 1. The summed E-state index contributed by atoms with van der Waals surface area (Å²) in [7, 11) is 0. The average Bonchev–Trinajstić information content (AvgIpc) is 3.13. The topological polar surface area (TPSA) is 201 Å². The lowest BCUT2D eigenvalue weighted by molar-refractivity contribution is -0.140. The van der Waals surface area contributed by atoms with Gasteiger partial charge >= 0.3 is 11.9 Å². The zero-order valence-corrected chi connectivity index (χ0v) is 18.6. The summed E-state index contributed by atoms with van der Waals surface area (Å²) >= 11 is 2.62. The average molecular weight is 482 g/mol. The van der Waals surface area contributed by atoms with Crippen LogP contribution in [0.15, 0.2) is 15.8 Å². The standard InChI is InChI=1S/C19H23N5O6S2/c20-15-14(17(28)24-19(21)23-15)31-7-8-1-2-9-6-12(32-11(9)5-8)16(27)22-10(18(29)30)3-4-13(25)26/h6,8,10H,1-5,7H2,(H,22,27)(H,25,26)(H,29,30)(H5,20,21,23,24,28). The number of anilines is 2. The van der Waals surface area contributed by atoms with Gasteiger partial charge < -0.3 is 27.0 Å². The molecule has 1 aliphatic carbocycles. The van der Waals surface area contributed by atoms with Crippen LogP contribution in [0.25, 0.3) is 0 Å². The predicted octanol–water partition coefficient (Wildman–Crippen LogP) is 0.941. The van der Waals surface area contributed by atoms with E-state index in [9.17, 15) is 24.3 Å². The number of aliphatic carboxylic acids is 2. The number of aromatic nitrogens is 2. The Morgan fingerprint density at radius 3 is 2.75 bits per heavy atom. The minimum atomic E-state index is -1.27. The van der Waals surface area contributed by atoms with Crippen molar-refractivity contribution in [1.29, 1.82) is 0 Å². The first-order chi connectivity index (χ1) is 15.1. The summed E-state index contributed by atoms with van der Waals surface area (Å²) in [6.07, 6.45) is 1.81. The Labute approximate surface area is 190 Å². The summed E-state index contributed by atoms with van der Waals surface area (Å²) < 4.78 is 0. The van der Waals surface area contributed by atoms with Gasteiger partial charge in [0.05, 0.1) is 4.88 Å². The molecule has 0 fully saturated rings. The van der Waals surface area contributed by atoms with Gasteiger partial charge in [-0.25, -0.2) is 4.79 Å². The lowest BCUT2D eigenvalue weighted by Gasteiger charge is -2.21. The summed E-state index contributed by atoms with van der Waals surface area (Å²) in [6, 6.07) is 0.500. The van der Waals surface area contributed by atoms with Crippen LogP contribution >= 0.6 is 23.1 Å². The van der Waals surface area contributed by atoms with E-state index in [2.05, 4.69) is 15.3 Å². The maximum absolute atomic E-state index is 12.5. The molecule has 3 rings (SSSR count). The summed E-state index contributed by atoms with van der Waals surface area (Å²) in [5.41, 5.74) is 12.0. The summed E-state index contributed by atoms with van der Waals surface area (Å²) in [5.74, 6) is -1.95. The molecule has 32 heavy (non-hydrogen) atoms. The van der Waals surface area contributed by atoms with Gasteiger partial charge in [0.2, 0.25) is 5.95 Å². The number of nitrogens with two attached hydrogens (primary N) is 2. The molecule has 0 saturated heterocycles. The van der Waals surface area contributed by atoms with E-state index in [0.717, 1.165) is 29.7 Å². The number of hydrogen-bond donors (Lipinski definition) is 6. The number of nitrogen functional groups attached to an aromatic ring is 2. The molecule has 0 saturated carbocycles. The molecule has 2 heterocycles. The zero-order valence-electron chi connectivity index (χ0n) is 16.9. The van der Waals surface area contributed by atoms with Gasteiger partial charge in [0, 0.05) is 17.1 Å². The molecule has 8 N–H and O–H groups in total. The molecule has 2 unspecified atom stereocenters. The first-order valence-corrected chi connectivity index (χ1v) is 11.6. The molecule has 2 aromatic rings. The number of thioether (sulfide) groups is 1. The van der Waals surface area contributed by atoms with Crippen LogP contribution < -0.4 is 22.3 Å². The van der Waals surface area contributed by atoms with E-state index < -0.39 is 23.9 Å². The van der Waals surface area contributed by atoms with E-state index in [-0.39, 0.29) is 36.1 Å². The number of aryl methyl sites for hydroxylation is 1. The third kappa shape index (κ3) is 5.79.